The first-order valence-corrected chi connectivity index (χ1v) is 3.36. The Morgan fingerprint density at radius 1 is 1.18 bits per heavy atom. The lowest BCUT2D eigenvalue weighted by Gasteiger charge is -2.05. The summed E-state index contributed by atoms with van der Waals surface area (Å²) in [5.74, 6) is -2.04. The largest absolute Gasteiger partial charge is 0.204 e. The number of hydrogen-bond acceptors (Lipinski definition) is 1. The van der Waals surface area contributed by atoms with Gasteiger partial charge in [-0.15, -0.1) is 0 Å². The molecule has 1 nitrogen and oxygen atoms in total. The molecule has 5 heteroatoms. The Morgan fingerprint density at radius 2 is 1.82 bits per heavy atom. The third kappa shape index (κ3) is 1.73. The average molecular weight is 198 g/mol. The highest BCUT2D eigenvalue weighted by atomic mass is 35.5. The molecular formula is C6H3Cl2F2N. The van der Waals surface area contributed by atoms with E-state index in [-0.39, 0.29) is 5.69 Å². The molecule has 0 amide bonds. The summed E-state index contributed by atoms with van der Waals surface area (Å²) < 4.78 is 25.6. The van der Waals surface area contributed by atoms with Gasteiger partial charge in [0.05, 0.1) is 0 Å². The molecular weight excluding hydrogens is 195 g/mol. The molecule has 60 valence electrons. The molecule has 0 aliphatic heterocycles. The maximum absolute atomic E-state index is 12.7. The fourth-order valence-corrected chi connectivity index (χ4v) is 0.884. The van der Waals surface area contributed by atoms with E-state index in [1.54, 1.807) is 0 Å². The van der Waals surface area contributed by atoms with Crippen molar-refractivity contribution in [1.82, 2.24) is 0 Å². The molecule has 0 unspecified atom stereocenters. The highest BCUT2D eigenvalue weighted by Gasteiger charge is 2.10. The van der Waals surface area contributed by atoms with E-state index in [2.05, 4.69) is 0 Å². The summed E-state index contributed by atoms with van der Waals surface area (Å²) in [5.41, 5.74) is -0.201. The predicted molar refractivity (Wildman–Crippen MR) is 40.5 cm³/mol. The maximum Gasteiger partial charge on any atom is 0.184 e. The van der Waals surface area contributed by atoms with E-state index in [9.17, 15) is 8.78 Å². The molecule has 0 aliphatic carbocycles. The monoisotopic (exact) mass is 197 g/mol. The molecule has 0 bridgehead atoms. The van der Waals surface area contributed by atoms with Gasteiger partial charge in [-0.1, -0.05) is 6.07 Å². The van der Waals surface area contributed by atoms with Crippen LogP contribution in [0.2, 0.25) is 0 Å². The van der Waals surface area contributed by atoms with Gasteiger partial charge < -0.3 is 0 Å². The van der Waals surface area contributed by atoms with Gasteiger partial charge in [-0.3, -0.25) is 0 Å². The fraction of sp³-hybridized carbons (Fsp3) is 0. The predicted octanol–water partition coefficient (Wildman–Crippen LogP) is 3.08. The number of rotatable bonds is 1. The molecule has 1 aromatic carbocycles. The number of hydrogen-bond donors (Lipinski definition) is 0. The summed E-state index contributed by atoms with van der Waals surface area (Å²) in [7, 11) is 0. The van der Waals surface area contributed by atoms with E-state index >= 15 is 0 Å². The van der Waals surface area contributed by atoms with Crippen molar-refractivity contribution < 1.29 is 8.78 Å². The lowest BCUT2D eigenvalue weighted by molar-refractivity contribution is 0.511. The van der Waals surface area contributed by atoms with Crippen LogP contribution in [0.1, 0.15) is 0 Å². The van der Waals surface area contributed by atoms with Crippen LogP contribution in [0.25, 0.3) is 0 Å². The molecule has 1 aromatic rings. The molecule has 0 spiro atoms. The van der Waals surface area contributed by atoms with Crippen molar-refractivity contribution in [3.05, 3.63) is 29.8 Å². The Balaban J connectivity index is 3.17. The summed E-state index contributed by atoms with van der Waals surface area (Å²) in [6.45, 7) is 0. The van der Waals surface area contributed by atoms with E-state index in [1.807, 2.05) is 0 Å². The van der Waals surface area contributed by atoms with Crippen LogP contribution in [0.4, 0.5) is 14.5 Å². The number of benzene rings is 1. The van der Waals surface area contributed by atoms with Crippen LogP contribution in [0.15, 0.2) is 18.2 Å². The van der Waals surface area contributed by atoms with Gasteiger partial charge in [0.15, 0.2) is 11.6 Å². The molecule has 0 radical (unpaired) electrons. The Labute approximate surface area is 72.4 Å². The van der Waals surface area contributed by atoms with Gasteiger partial charge in [0.25, 0.3) is 0 Å². The zero-order valence-corrected chi connectivity index (χ0v) is 6.70. The van der Waals surface area contributed by atoms with Crippen molar-refractivity contribution in [3.8, 4) is 0 Å². The second-order valence-electron chi connectivity index (χ2n) is 1.81. The third-order valence-electron chi connectivity index (χ3n) is 1.11. The first kappa shape index (κ1) is 8.56. The van der Waals surface area contributed by atoms with Gasteiger partial charge in [-0.2, -0.15) is 3.94 Å². The topological polar surface area (TPSA) is 3.24 Å². The minimum atomic E-state index is -1.06. The SMILES string of the molecule is Fc1cccc(N(Cl)Cl)c1F. The van der Waals surface area contributed by atoms with Crippen LogP contribution in [-0.2, 0) is 0 Å². The summed E-state index contributed by atoms with van der Waals surface area (Å²) in [4.78, 5) is 0. The maximum atomic E-state index is 12.7. The van der Waals surface area contributed by atoms with Gasteiger partial charge >= 0.3 is 0 Å². The molecule has 0 saturated heterocycles. The van der Waals surface area contributed by atoms with Gasteiger partial charge in [0, 0.05) is 23.6 Å². The Kier molecular flexibility index (Phi) is 2.52. The van der Waals surface area contributed by atoms with Crippen LogP contribution < -0.4 is 3.94 Å². The number of anilines is 1. The first-order chi connectivity index (χ1) is 5.13. The van der Waals surface area contributed by atoms with Gasteiger partial charge in [-0.25, -0.2) is 8.78 Å². The minimum absolute atomic E-state index is 0.201. The van der Waals surface area contributed by atoms with E-state index in [1.165, 1.54) is 12.1 Å². The molecule has 0 saturated carbocycles. The highest BCUT2D eigenvalue weighted by molar-refractivity contribution is 6.49. The van der Waals surface area contributed by atoms with Gasteiger partial charge in [0.1, 0.15) is 5.69 Å². The molecule has 11 heavy (non-hydrogen) atoms. The fourth-order valence-electron chi connectivity index (χ4n) is 0.623. The number of nitrogens with zero attached hydrogens (tertiary/aromatic N) is 1. The van der Waals surface area contributed by atoms with Crippen LogP contribution in [-0.4, -0.2) is 0 Å². The molecule has 0 atom stereocenters. The summed E-state index contributed by atoms with van der Waals surface area (Å²) in [6.07, 6.45) is 0. The van der Waals surface area contributed by atoms with Crippen molar-refractivity contribution in [1.29, 1.82) is 0 Å². The Morgan fingerprint density at radius 3 is 2.27 bits per heavy atom. The van der Waals surface area contributed by atoms with Crippen molar-refractivity contribution in [2.75, 3.05) is 3.94 Å². The third-order valence-corrected chi connectivity index (χ3v) is 1.48. The van der Waals surface area contributed by atoms with Crippen molar-refractivity contribution in [2.24, 2.45) is 0 Å². The zero-order chi connectivity index (χ0) is 8.43. The normalized spacial score (nSPS) is 9.82. The average Bonchev–Trinajstić information content (AvgIpc) is 1.94. The van der Waals surface area contributed by atoms with Crippen molar-refractivity contribution in [3.63, 3.8) is 0 Å². The Bertz CT molecular complexity index is 265. The van der Waals surface area contributed by atoms with Crippen molar-refractivity contribution in [2.45, 2.75) is 0 Å². The van der Waals surface area contributed by atoms with E-state index in [0.717, 1.165) is 6.07 Å². The molecule has 0 fully saturated rings. The van der Waals surface area contributed by atoms with Gasteiger partial charge in [-0.05, 0) is 12.1 Å². The van der Waals surface area contributed by atoms with Gasteiger partial charge in [0.2, 0.25) is 0 Å². The first-order valence-electron chi connectivity index (χ1n) is 2.68. The molecule has 0 aliphatic rings. The molecule has 1 rings (SSSR count). The Hall–Kier alpha value is -0.540. The molecule has 0 aromatic heterocycles. The summed E-state index contributed by atoms with van der Waals surface area (Å²) in [6, 6.07) is 3.56. The highest BCUT2D eigenvalue weighted by Crippen LogP contribution is 2.24. The van der Waals surface area contributed by atoms with E-state index in [0.29, 0.717) is 3.94 Å². The van der Waals surface area contributed by atoms with Crippen molar-refractivity contribution >= 4 is 29.2 Å². The summed E-state index contributed by atoms with van der Waals surface area (Å²) in [5, 5.41) is 0. The molecule has 0 N–H and O–H groups in total. The number of halogens is 4. The van der Waals surface area contributed by atoms with E-state index < -0.39 is 11.6 Å². The molecule has 0 heterocycles. The second-order valence-corrected chi connectivity index (χ2v) is 2.66. The van der Waals surface area contributed by atoms with Crippen LogP contribution in [0.3, 0.4) is 0 Å². The van der Waals surface area contributed by atoms with Crippen LogP contribution >= 0.6 is 23.6 Å². The summed E-state index contributed by atoms with van der Waals surface area (Å²) >= 11 is 10.3. The van der Waals surface area contributed by atoms with Crippen LogP contribution in [0.5, 0.6) is 0 Å². The van der Waals surface area contributed by atoms with Crippen LogP contribution in [0, 0.1) is 11.6 Å². The zero-order valence-electron chi connectivity index (χ0n) is 5.19. The quantitative estimate of drug-likeness (QED) is 0.626. The lowest BCUT2D eigenvalue weighted by atomic mass is 10.3. The lowest BCUT2D eigenvalue weighted by Crippen LogP contribution is -1.97. The second kappa shape index (κ2) is 3.24. The van der Waals surface area contributed by atoms with E-state index in [4.69, 9.17) is 23.6 Å². The minimum Gasteiger partial charge on any atom is -0.204 e. The smallest absolute Gasteiger partial charge is 0.184 e. The standard InChI is InChI=1S/C6H3Cl2F2N/c7-11(8)5-3-1-2-4(9)6(5)10/h1-3H.